The average Bonchev–Trinajstić information content (AvgIpc) is 3.21. The maximum atomic E-state index is 12.9. The highest BCUT2D eigenvalue weighted by Gasteiger charge is 2.30. The minimum absolute atomic E-state index is 0.173. The van der Waals surface area contributed by atoms with Crippen LogP contribution in [0.15, 0.2) is 41.3 Å². The fourth-order valence-corrected chi connectivity index (χ4v) is 6.52. The molecular formula is C26H26F3NO3S2. The topological polar surface area (TPSA) is 48.4 Å². The molecule has 35 heavy (non-hydrogen) atoms. The molecule has 0 saturated carbocycles. The Morgan fingerprint density at radius 1 is 1.17 bits per heavy atom. The number of fused-ring (bicyclic) bond motifs is 1. The molecule has 1 aliphatic rings. The molecule has 1 unspecified atom stereocenters. The number of benzene rings is 2. The summed E-state index contributed by atoms with van der Waals surface area (Å²) in [5.74, 6) is 1.59. The molecule has 186 valence electrons. The summed E-state index contributed by atoms with van der Waals surface area (Å²) in [6.45, 7) is 1.92. The predicted octanol–water partition coefficient (Wildman–Crippen LogP) is 7.11. The number of carbonyl (C=O) groups is 1. The zero-order valence-corrected chi connectivity index (χ0v) is 21.3. The van der Waals surface area contributed by atoms with Crippen LogP contribution in [0.25, 0.3) is 10.6 Å². The highest BCUT2D eigenvalue weighted by Crippen LogP contribution is 2.40. The number of alkyl halides is 3. The van der Waals surface area contributed by atoms with E-state index in [2.05, 4.69) is 17.1 Å². The van der Waals surface area contributed by atoms with Crippen LogP contribution in [0.3, 0.4) is 0 Å². The number of carbonyl (C=O) groups excluding carboxylic acids is 1. The SMILES string of the molecule is COC(=O)CC1CCc2cc(SCc3sc(-c4ccc(C(F)(F)F)cc4)nc3C)c(OC)cc2C1. The van der Waals surface area contributed by atoms with Crippen molar-refractivity contribution < 1.29 is 27.4 Å². The van der Waals surface area contributed by atoms with Crippen LogP contribution >= 0.6 is 23.1 Å². The summed E-state index contributed by atoms with van der Waals surface area (Å²) in [5, 5.41) is 0.709. The summed E-state index contributed by atoms with van der Waals surface area (Å²) in [6, 6.07) is 9.38. The number of rotatable bonds is 7. The van der Waals surface area contributed by atoms with E-state index in [1.165, 1.54) is 41.7 Å². The number of esters is 1. The molecule has 0 aliphatic heterocycles. The van der Waals surface area contributed by atoms with Crippen LogP contribution in [0.5, 0.6) is 5.75 Å². The van der Waals surface area contributed by atoms with Gasteiger partial charge in [-0.2, -0.15) is 13.2 Å². The van der Waals surface area contributed by atoms with Gasteiger partial charge < -0.3 is 9.47 Å². The maximum absolute atomic E-state index is 12.9. The minimum Gasteiger partial charge on any atom is -0.496 e. The molecule has 4 rings (SSSR count). The Kier molecular flexibility index (Phi) is 7.76. The van der Waals surface area contributed by atoms with Gasteiger partial charge in [-0.15, -0.1) is 23.1 Å². The largest absolute Gasteiger partial charge is 0.496 e. The van der Waals surface area contributed by atoms with Crippen molar-refractivity contribution in [2.24, 2.45) is 5.92 Å². The summed E-state index contributed by atoms with van der Waals surface area (Å²) in [4.78, 5) is 18.4. The van der Waals surface area contributed by atoms with Crippen LogP contribution < -0.4 is 4.74 Å². The number of aromatic nitrogens is 1. The van der Waals surface area contributed by atoms with Gasteiger partial charge in [-0.05, 0) is 67.5 Å². The molecule has 0 amide bonds. The Bertz CT molecular complexity index is 1210. The normalized spacial score (nSPS) is 15.5. The van der Waals surface area contributed by atoms with E-state index in [0.29, 0.717) is 22.7 Å². The third-order valence-electron chi connectivity index (χ3n) is 6.21. The van der Waals surface area contributed by atoms with E-state index in [9.17, 15) is 18.0 Å². The smallest absolute Gasteiger partial charge is 0.416 e. The number of hydrogen-bond acceptors (Lipinski definition) is 6. The highest BCUT2D eigenvalue weighted by atomic mass is 32.2. The maximum Gasteiger partial charge on any atom is 0.416 e. The summed E-state index contributed by atoms with van der Waals surface area (Å²) in [7, 11) is 3.07. The van der Waals surface area contributed by atoms with E-state index >= 15 is 0 Å². The molecule has 0 saturated heterocycles. The van der Waals surface area contributed by atoms with Gasteiger partial charge in [0, 0.05) is 27.5 Å². The minimum atomic E-state index is -4.35. The average molecular weight is 522 g/mol. The molecular weight excluding hydrogens is 495 g/mol. The Labute approximate surface area is 210 Å². The van der Waals surface area contributed by atoms with Crippen LogP contribution in [-0.4, -0.2) is 25.2 Å². The summed E-state index contributed by atoms with van der Waals surface area (Å²) in [6.07, 6.45) is -1.23. The van der Waals surface area contributed by atoms with E-state index in [1.54, 1.807) is 18.9 Å². The number of methoxy groups -OCH3 is 2. The molecule has 3 aromatic rings. The molecule has 0 radical (unpaired) electrons. The van der Waals surface area contributed by atoms with Gasteiger partial charge >= 0.3 is 12.1 Å². The van der Waals surface area contributed by atoms with Gasteiger partial charge in [0.1, 0.15) is 10.8 Å². The monoisotopic (exact) mass is 521 g/mol. The number of thiazole rings is 1. The van der Waals surface area contributed by atoms with Crippen molar-refractivity contribution in [3.05, 3.63) is 63.7 Å². The van der Waals surface area contributed by atoms with Crippen molar-refractivity contribution in [2.45, 2.75) is 49.4 Å². The molecule has 0 N–H and O–H groups in total. The summed E-state index contributed by atoms with van der Waals surface area (Å²) >= 11 is 3.16. The first-order valence-electron chi connectivity index (χ1n) is 11.2. The summed E-state index contributed by atoms with van der Waals surface area (Å²) in [5.41, 5.74) is 3.38. The molecule has 1 aromatic heterocycles. The Balaban J connectivity index is 1.47. The van der Waals surface area contributed by atoms with Crippen LogP contribution in [0, 0.1) is 12.8 Å². The lowest BCUT2D eigenvalue weighted by molar-refractivity contribution is -0.142. The van der Waals surface area contributed by atoms with Gasteiger partial charge in [0.25, 0.3) is 0 Å². The van der Waals surface area contributed by atoms with E-state index in [-0.39, 0.29) is 11.9 Å². The second kappa shape index (κ2) is 10.6. The van der Waals surface area contributed by atoms with Gasteiger partial charge in [-0.1, -0.05) is 12.1 Å². The Morgan fingerprint density at radius 3 is 2.57 bits per heavy atom. The molecule has 0 spiro atoms. The van der Waals surface area contributed by atoms with Crippen LogP contribution in [0.4, 0.5) is 13.2 Å². The molecule has 1 aliphatic carbocycles. The first-order valence-corrected chi connectivity index (χ1v) is 13.0. The number of ether oxygens (including phenoxy) is 2. The molecule has 2 aromatic carbocycles. The third kappa shape index (κ3) is 6.01. The van der Waals surface area contributed by atoms with Crippen molar-refractivity contribution in [1.29, 1.82) is 0 Å². The molecule has 0 fully saturated rings. The molecule has 1 heterocycles. The third-order valence-corrected chi connectivity index (χ3v) is 8.66. The van der Waals surface area contributed by atoms with Gasteiger partial charge in [0.15, 0.2) is 0 Å². The number of nitrogens with zero attached hydrogens (tertiary/aromatic N) is 1. The van der Waals surface area contributed by atoms with E-state index in [1.807, 2.05) is 6.92 Å². The number of thioether (sulfide) groups is 1. The van der Waals surface area contributed by atoms with Gasteiger partial charge in [0.2, 0.25) is 0 Å². The second-order valence-corrected chi connectivity index (χ2v) is 10.7. The highest BCUT2D eigenvalue weighted by molar-refractivity contribution is 7.98. The molecule has 0 bridgehead atoms. The van der Waals surface area contributed by atoms with Crippen LogP contribution in [0.2, 0.25) is 0 Å². The van der Waals surface area contributed by atoms with Crippen LogP contribution in [0.1, 0.15) is 40.1 Å². The van der Waals surface area contributed by atoms with Crippen molar-refractivity contribution in [1.82, 2.24) is 4.98 Å². The predicted molar refractivity (Wildman–Crippen MR) is 132 cm³/mol. The second-order valence-electron chi connectivity index (χ2n) is 8.55. The zero-order valence-electron chi connectivity index (χ0n) is 19.7. The quantitative estimate of drug-likeness (QED) is 0.245. The first-order chi connectivity index (χ1) is 16.7. The first kappa shape index (κ1) is 25.6. The number of aryl methyl sites for hydroxylation is 2. The van der Waals surface area contributed by atoms with E-state index in [0.717, 1.165) is 52.6 Å². The molecule has 9 heteroatoms. The number of halogens is 3. The standard InChI is InChI=1S/C26H26F3NO3S2/c1-15-23(35-25(30-15)17-6-8-20(9-7-17)26(27,28)29)14-34-22-13-18-5-4-16(11-24(31)33-3)10-19(18)12-21(22)32-2/h6-9,12-13,16H,4-5,10-11,14H2,1-3H3. The molecule has 1 atom stereocenters. The van der Waals surface area contributed by atoms with Crippen molar-refractivity contribution >= 4 is 29.1 Å². The van der Waals surface area contributed by atoms with E-state index in [4.69, 9.17) is 9.47 Å². The Morgan fingerprint density at radius 2 is 1.91 bits per heavy atom. The van der Waals surface area contributed by atoms with Gasteiger partial charge in [0.05, 0.1) is 25.5 Å². The number of hydrogen-bond donors (Lipinski definition) is 0. The Hall–Kier alpha value is -2.52. The van der Waals surface area contributed by atoms with Gasteiger partial charge in [-0.25, -0.2) is 4.98 Å². The van der Waals surface area contributed by atoms with Crippen LogP contribution in [-0.2, 0) is 34.3 Å². The molecule has 4 nitrogen and oxygen atoms in total. The zero-order chi connectivity index (χ0) is 25.2. The fourth-order valence-electron chi connectivity index (χ4n) is 4.24. The fraction of sp³-hybridized carbons (Fsp3) is 0.385. The lowest BCUT2D eigenvalue weighted by atomic mass is 9.82. The van der Waals surface area contributed by atoms with Gasteiger partial charge in [-0.3, -0.25) is 4.79 Å². The van der Waals surface area contributed by atoms with Crippen molar-refractivity contribution in [3.63, 3.8) is 0 Å². The van der Waals surface area contributed by atoms with E-state index < -0.39 is 11.7 Å². The lowest BCUT2D eigenvalue weighted by Gasteiger charge is -2.25. The van der Waals surface area contributed by atoms with Crippen molar-refractivity contribution in [2.75, 3.05) is 14.2 Å². The lowest BCUT2D eigenvalue weighted by Crippen LogP contribution is -2.18. The summed E-state index contributed by atoms with van der Waals surface area (Å²) < 4.78 is 49.1. The van der Waals surface area contributed by atoms with Crippen molar-refractivity contribution in [3.8, 4) is 16.3 Å².